The van der Waals surface area contributed by atoms with Crippen molar-refractivity contribution in [2.75, 3.05) is 7.05 Å². The van der Waals surface area contributed by atoms with Crippen molar-refractivity contribution in [3.05, 3.63) is 52.7 Å². The molecule has 0 atom stereocenters. The second kappa shape index (κ2) is 5.92. The fourth-order valence-corrected chi connectivity index (χ4v) is 2.75. The highest BCUT2D eigenvalue weighted by atomic mass is 79.9. The minimum atomic E-state index is -0.129. The summed E-state index contributed by atoms with van der Waals surface area (Å²) in [6.45, 7) is 3.14. The molecule has 7 heteroatoms. The Morgan fingerprint density at radius 2 is 2.18 bits per heavy atom. The van der Waals surface area contributed by atoms with E-state index in [9.17, 15) is 4.79 Å². The quantitative estimate of drug-likeness (QED) is 0.717. The molecule has 114 valence electrons. The average molecular weight is 362 g/mol. The van der Waals surface area contributed by atoms with E-state index in [1.54, 1.807) is 16.6 Å². The minimum absolute atomic E-state index is 0.129. The highest BCUT2D eigenvalue weighted by Crippen LogP contribution is 2.17. The summed E-state index contributed by atoms with van der Waals surface area (Å²) in [5.74, 6) is -0.129. The van der Waals surface area contributed by atoms with Crippen molar-refractivity contribution in [2.45, 2.75) is 20.0 Å². The number of imidazole rings is 1. The van der Waals surface area contributed by atoms with Crippen molar-refractivity contribution in [3.8, 4) is 0 Å². The summed E-state index contributed by atoms with van der Waals surface area (Å²) in [6.07, 6.45) is 5.68. The molecule has 0 aliphatic carbocycles. The molecule has 0 saturated carbocycles. The first-order chi connectivity index (χ1) is 10.6. The molecular formula is C15H16BrN5O. The topological polar surface area (TPSA) is 55.4 Å². The maximum Gasteiger partial charge on any atom is 0.275 e. The summed E-state index contributed by atoms with van der Waals surface area (Å²) in [5.41, 5.74) is 2.14. The second-order valence-electron chi connectivity index (χ2n) is 5.04. The molecular weight excluding hydrogens is 346 g/mol. The van der Waals surface area contributed by atoms with Gasteiger partial charge in [-0.2, -0.15) is 5.10 Å². The Labute approximate surface area is 136 Å². The molecule has 0 aromatic carbocycles. The van der Waals surface area contributed by atoms with E-state index >= 15 is 0 Å². The number of nitrogens with zero attached hydrogens (tertiary/aromatic N) is 5. The smallest absolute Gasteiger partial charge is 0.275 e. The van der Waals surface area contributed by atoms with Gasteiger partial charge < -0.3 is 9.30 Å². The molecule has 0 saturated heterocycles. The second-order valence-corrected chi connectivity index (χ2v) is 5.90. The molecule has 0 radical (unpaired) electrons. The van der Waals surface area contributed by atoms with Crippen molar-refractivity contribution >= 4 is 27.5 Å². The monoisotopic (exact) mass is 361 g/mol. The van der Waals surface area contributed by atoms with E-state index in [0.29, 0.717) is 16.7 Å². The van der Waals surface area contributed by atoms with E-state index in [1.165, 1.54) is 0 Å². The number of pyridine rings is 1. The van der Waals surface area contributed by atoms with Crippen LogP contribution in [-0.4, -0.2) is 37.0 Å². The molecule has 0 aliphatic heterocycles. The number of amides is 1. The lowest BCUT2D eigenvalue weighted by atomic mass is 10.3. The number of carbonyl (C=O) groups excluding carboxylic acids is 1. The molecule has 0 unspecified atom stereocenters. The maximum atomic E-state index is 12.5. The van der Waals surface area contributed by atoms with E-state index in [4.69, 9.17) is 0 Å². The Kier molecular flexibility index (Phi) is 3.98. The molecule has 0 N–H and O–H groups in total. The van der Waals surface area contributed by atoms with E-state index in [2.05, 4.69) is 26.0 Å². The zero-order valence-corrected chi connectivity index (χ0v) is 14.0. The maximum absolute atomic E-state index is 12.5. The summed E-state index contributed by atoms with van der Waals surface area (Å²) in [4.78, 5) is 18.6. The molecule has 0 spiro atoms. The van der Waals surface area contributed by atoms with E-state index in [0.717, 1.165) is 17.9 Å². The van der Waals surface area contributed by atoms with Crippen molar-refractivity contribution in [1.82, 2.24) is 24.1 Å². The van der Waals surface area contributed by atoms with Gasteiger partial charge in [0.05, 0.1) is 16.7 Å². The van der Waals surface area contributed by atoms with Crippen LogP contribution in [0.5, 0.6) is 0 Å². The van der Waals surface area contributed by atoms with Crippen LogP contribution < -0.4 is 0 Å². The van der Waals surface area contributed by atoms with Crippen LogP contribution in [0.2, 0.25) is 0 Å². The van der Waals surface area contributed by atoms with Crippen molar-refractivity contribution in [3.63, 3.8) is 0 Å². The van der Waals surface area contributed by atoms with Crippen LogP contribution in [0.3, 0.4) is 0 Å². The average Bonchev–Trinajstić information content (AvgIpc) is 3.08. The van der Waals surface area contributed by atoms with E-state index < -0.39 is 0 Å². The Balaban J connectivity index is 1.79. The van der Waals surface area contributed by atoms with Gasteiger partial charge in [-0.05, 0) is 35.0 Å². The zero-order valence-electron chi connectivity index (χ0n) is 12.4. The fourth-order valence-electron chi connectivity index (χ4n) is 2.26. The van der Waals surface area contributed by atoms with Crippen molar-refractivity contribution in [1.29, 1.82) is 0 Å². The fraction of sp³-hybridized carbons (Fsp3) is 0.267. The van der Waals surface area contributed by atoms with E-state index in [-0.39, 0.29) is 5.91 Å². The normalized spacial score (nSPS) is 11.0. The largest absolute Gasteiger partial charge is 0.334 e. The number of carbonyl (C=O) groups is 1. The summed E-state index contributed by atoms with van der Waals surface area (Å²) in [7, 11) is 1.75. The van der Waals surface area contributed by atoms with Gasteiger partial charge >= 0.3 is 0 Å². The summed E-state index contributed by atoms with van der Waals surface area (Å²) in [5, 5.41) is 4.29. The third kappa shape index (κ3) is 2.76. The Hall–Kier alpha value is -2.15. The van der Waals surface area contributed by atoms with Crippen LogP contribution in [0.15, 0.2) is 41.3 Å². The molecule has 0 fully saturated rings. The van der Waals surface area contributed by atoms with Crippen molar-refractivity contribution < 1.29 is 4.79 Å². The number of fused-ring (bicyclic) bond motifs is 1. The van der Waals surface area contributed by atoms with Gasteiger partial charge in [0.1, 0.15) is 5.65 Å². The number of halogens is 1. The van der Waals surface area contributed by atoms with Gasteiger partial charge in [-0.3, -0.25) is 9.48 Å². The van der Waals surface area contributed by atoms with Gasteiger partial charge in [0, 0.05) is 32.2 Å². The van der Waals surface area contributed by atoms with Gasteiger partial charge in [0.25, 0.3) is 5.91 Å². The molecule has 22 heavy (non-hydrogen) atoms. The van der Waals surface area contributed by atoms with Crippen LogP contribution in [0, 0.1) is 0 Å². The molecule has 3 rings (SSSR count). The van der Waals surface area contributed by atoms with Gasteiger partial charge in [-0.25, -0.2) is 4.98 Å². The third-order valence-electron chi connectivity index (χ3n) is 3.40. The lowest BCUT2D eigenvalue weighted by Gasteiger charge is -2.14. The summed E-state index contributed by atoms with van der Waals surface area (Å²) in [6, 6.07) is 5.82. The summed E-state index contributed by atoms with van der Waals surface area (Å²) < 4.78 is 4.38. The summed E-state index contributed by atoms with van der Waals surface area (Å²) >= 11 is 3.39. The Morgan fingerprint density at radius 3 is 2.86 bits per heavy atom. The van der Waals surface area contributed by atoms with Crippen LogP contribution in [-0.2, 0) is 13.1 Å². The highest BCUT2D eigenvalue weighted by molar-refractivity contribution is 9.10. The predicted octanol–water partition coefficient (Wildman–Crippen LogP) is 2.59. The number of aromatic nitrogens is 4. The third-order valence-corrected chi connectivity index (χ3v) is 3.98. The Morgan fingerprint density at radius 1 is 1.36 bits per heavy atom. The molecule has 3 aromatic heterocycles. The highest BCUT2D eigenvalue weighted by Gasteiger charge is 2.19. The van der Waals surface area contributed by atoms with Gasteiger partial charge in [0.15, 0.2) is 5.69 Å². The number of rotatable bonds is 4. The molecule has 3 heterocycles. The van der Waals surface area contributed by atoms with Crippen LogP contribution in [0.4, 0.5) is 0 Å². The van der Waals surface area contributed by atoms with Gasteiger partial charge in [0.2, 0.25) is 0 Å². The first-order valence-corrected chi connectivity index (χ1v) is 7.79. The SMILES string of the molecule is CCn1cc(Br)c(C(=O)N(C)Cc2cn3ccccc3n2)n1. The van der Waals surface area contributed by atoms with Crippen LogP contribution >= 0.6 is 15.9 Å². The van der Waals surface area contributed by atoms with E-state index in [1.807, 2.05) is 48.1 Å². The number of hydrogen-bond acceptors (Lipinski definition) is 3. The molecule has 0 bridgehead atoms. The van der Waals surface area contributed by atoms with Crippen LogP contribution in [0.25, 0.3) is 5.65 Å². The van der Waals surface area contributed by atoms with Crippen molar-refractivity contribution in [2.24, 2.45) is 0 Å². The lowest BCUT2D eigenvalue weighted by molar-refractivity contribution is 0.0776. The standard InChI is InChI=1S/C15H16BrN5O/c1-3-21-10-12(16)14(18-21)15(22)19(2)8-11-9-20-7-5-4-6-13(20)17-11/h4-7,9-10H,3,8H2,1-2H3. The molecule has 0 aliphatic rings. The Bertz CT molecular complexity index is 789. The van der Waals surface area contributed by atoms with Crippen LogP contribution in [0.1, 0.15) is 23.1 Å². The first kappa shape index (κ1) is 14.8. The minimum Gasteiger partial charge on any atom is -0.334 e. The number of aryl methyl sites for hydroxylation is 1. The first-order valence-electron chi connectivity index (χ1n) is 6.99. The number of hydrogen-bond donors (Lipinski definition) is 0. The van der Waals surface area contributed by atoms with Gasteiger partial charge in [-0.15, -0.1) is 0 Å². The molecule has 6 nitrogen and oxygen atoms in total. The molecule has 1 amide bonds. The lowest BCUT2D eigenvalue weighted by Crippen LogP contribution is -2.27. The molecule has 3 aromatic rings. The predicted molar refractivity (Wildman–Crippen MR) is 86.6 cm³/mol. The van der Waals surface area contributed by atoms with Gasteiger partial charge in [-0.1, -0.05) is 6.07 Å². The zero-order chi connectivity index (χ0) is 15.7.